The Balaban J connectivity index is 4.38. The molecule has 0 aliphatic heterocycles. The van der Waals surface area contributed by atoms with Gasteiger partial charge in [0.25, 0.3) is 0 Å². The van der Waals surface area contributed by atoms with E-state index in [9.17, 15) is 8.42 Å². The number of nitriles is 1. The standard InChI is InChI=1S/C8H12N2O2S/c1-3-5-6-10-13(11,12)8(4-2)7-9/h8,10H,4,6H2,1-2H3. The van der Waals surface area contributed by atoms with E-state index >= 15 is 0 Å². The van der Waals surface area contributed by atoms with Crippen molar-refractivity contribution in [1.82, 2.24) is 4.72 Å². The van der Waals surface area contributed by atoms with Gasteiger partial charge in [-0.3, -0.25) is 0 Å². The molecule has 0 aliphatic carbocycles. The second-order valence-electron chi connectivity index (χ2n) is 2.32. The van der Waals surface area contributed by atoms with Gasteiger partial charge in [0.1, 0.15) is 0 Å². The first-order valence-corrected chi connectivity index (χ1v) is 5.40. The summed E-state index contributed by atoms with van der Waals surface area (Å²) in [5.74, 6) is 5.11. The van der Waals surface area contributed by atoms with E-state index in [0.29, 0.717) is 0 Å². The van der Waals surface area contributed by atoms with Crippen molar-refractivity contribution in [2.45, 2.75) is 25.5 Å². The minimum Gasteiger partial charge on any atom is -0.211 e. The average Bonchev–Trinajstić information content (AvgIpc) is 2.06. The van der Waals surface area contributed by atoms with Crippen LogP contribution in [0.1, 0.15) is 20.3 Å². The zero-order valence-corrected chi connectivity index (χ0v) is 8.48. The van der Waals surface area contributed by atoms with Crippen molar-refractivity contribution >= 4 is 10.0 Å². The molecule has 4 nitrogen and oxygen atoms in total. The molecular weight excluding hydrogens is 188 g/mol. The first kappa shape index (κ1) is 12.0. The molecule has 0 amide bonds. The third-order valence-electron chi connectivity index (χ3n) is 1.43. The Labute approximate surface area is 79.0 Å². The van der Waals surface area contributed by atoms with Crippen molar-refractivity contribution in [2.75, 3.05) is 6.54 Å². The van der Waals surface area contributed by atoms with Crippen molar-refractivity contribution in [3.63, 3.8) is 0 Å². The van der Waals surface area contributed by atoms with E-state index in [1.54, 1.807) is 19.9 Å². The van der Waals surface area contributed by atoms with Gasteiger partial charge in [-0.25, -0.2) is 13.1 Å². The van der Waals surface area contributed by atoms with Gasteiger partial charge in [-0.05, 0) is 13.3 Å². The highest BCUT2D eigenvalue weighted by molar-refractivity contribution is 7.90. The predicted octanol–water partition coefficient (Wildman–Crippen LogP) is 0.231. The van der Waals surface area contributed by atoms with Gasteiger partial charge in [-0.2, -0.15) is 5.26 Å². The zero-order chi connectivity index (χ0) is 10.3. The quantitative estimate of drug-likeness (QED) is 0.660. The summed E-state index contributed by atoms with van der Waals surface area (Å²) in [7, 11) is -3.51. The molecule has 5 heteroatoms. The summed E-state index contributed by atoms with van der Waals surface area (Å²) in [6.07, 6.45) is 0.283. The average molecular weight is 200 g/mol. The predicted molar refractivity (Wildman–Crippen MR) is 50.1 cm³/mol. The molecule has 0 aromatic heterocycles. The van der Waals surface area contributed by atoms with Crippen LogP contribution in [0.4, 0.5) is 0 Å². The SMILES string of the molecule is CC#CCNS(=O)(=O)C(C#N)CC. The molecule has 0 radical (unpaired) electrons. The highest BCUT2D eigenvalue weighted by Crippen LogP contribution is 2.01. The number of nitrogens with zero attached hydrogens (tertiary/aromatic N) is 1. The molecule has 72 valence electrons. The van der Waals surface area contributed by atoms with Crippen LogP contribution in [0.5, 0.6) is 0 Å². The Kier molecular flexibility index (Phi) is 5.13. The van der Waals surface area contributed by atoms with Crippen LogP contribution >= 0.6 is 0 Å². The van der Waals surface area contributed by atoms with Gasteiger partial charge in [0, 0.05) is 0 Å². The maximum absolute atomic E-state index is 11.3. The maximum Gasteiger partial charge on any atom is 0.228 e. The van der Waals surface area contributed by atoms with Gasteiger partial charge in [-0.15, -0.1) is 5.92 Å². The molecule has 0 aromatic carbocycles. The second kappa shape index (κ2) is 5.58. The topological polar surface area (TPSA) is 70.0 Å². The lowest BCUT2D eigenvalue weighted by molar-refractivity contribution is 0.577. The van der Waals surface area contributed by atoms with E-state index in [4.69, 9.17) is 5.26 Å². The van der Waals surface area contributed by atoms with Crippen LogP contribution < -0.4 is 4.72 Å². The lowest BCUT2D eigenvalue weighted by Gasteiger charge is -2.06. The molecule has 1 atom stereocenters. The van der Waals surface area contributed by atoms with E-state index in [-0.39, 0.29) is 13.0 Å². The summed E-state index contributed by atoms with van der Waals surface area (Å²) in [5, 5.41) is 7.53. The molecule has 0 rings (SSSR count). The van der Waals surface area contributed by atoms with Crippen LogP contribution in [0.25, 0.3) is 0 Å². The fraction of sp³-hybridized carbons (Fsp3) is 0.625. The normalized spacial score (nSPS) is 12.4. The molecule has 0 aromatic rings. The second-order valence-corrected chi connectivity index (χ2v) is 4.27. The third-order valence-corrected chi connectivity index (χ3v) is 3.16. The Morgan fingerprint density at radius 2 is 2.15 bits per heavy atom. The van der Waals surface area contributed by atoms with Gasteiger partial charge < -0.3 is 0 Å². The van der Waals surface area contributed by atoms with Gasteiger partial charge in [0.05, 0.1) is 12.6 Å². The van der Waals surface area contributed by atoms with Crippen LogP contribution in [0.3, 0.4) is 0 Å². The van der Waals surface area contributed by atoms with Crippen LogP contribution in [0.2, 0.25) is 0 Å². The van der Waals surface area contributed by atoms with Crippen molar-refractivity contribution in [3.05, 3.63) is 0 Å². The number of hydrogen-bond acceptors (Lipinski definition) is 3. The smallest absolute Gasteiger partial charge is 0.211 e. The highest BCUT2D eigenvalue weighted by Gasteiger charge is 2.21. The number of rotatable bonds is 4. The molecule has 13 heavy (non-hydrogen) atoms. The lowest BCUT2D eigenvalue weighted by Crippen LogP contribution is -2.33. The molecular formula is C8H12N2O2S. The zero-order valence-electron chi connectivity index (χ0n) is 7.66. The van der Waals surface area contributed by atoms with Crippen molar-refractivity contribution < 1.29 is 8.42 Å². The van der Waals surface area contributed by atoms with Crippen LogP contribution in [0, 0.1) is 23.2 Å². The number of sulfonamides is 1. The summed E-state index contributed by atoms with van der Waals surface area (Å²) < 4.78 is 24.8. The van der Waals surface area contributed by atoms with Gasteiger partial charge in [-0.1, -0.05) is 12.8 Å². The Morgan fingerprint density at radius 3 is 2.54 bits per heavy atom. The molecule has 0 saturated carbocycles. The lowest BCUT2D eigenvalue weighted by atomic mass is 10.4. The fourth-order valence-electron chi connectivity index (χ4n) is 0.706. The van der Waals surface area contributed by atoms with Gasteiger partial charge in [0.15, 0.2) is 5.25 Å². The Morgan fingerprint density at radius 1 is 1.54 bits per heavy atom. The summed E-state index contributed by atoms with van der Waals surface area (Å²) in [5.41, 5.74) is 0. The fourth-order valence-corrected chi connectivity index (χ4v) is 1.76. The molecule has 0 spiro atoms. The van der Waals surface area contributed by atoms with Crippen LogP contribution in [-0.4, -0.2) is 20.2 Å². The first-order valence-electron chi connectivity index (χ1n) is 3.86. The summed E-state index contributed by atoms with van der Waals surface area (Å²) >= 11 is 0. The molecule has 0 heterocycles. The van der Waals surface area contributed by atoms with Gasteiger partial charge >= 0.3 is 0 Å². The van der Waals surface area contributed by atoms with Crippen LogP contribution in [-0.2, 0) is 10.0 Å². The Bertz CT molecular complexity index is 343. The van der Waals surface area contributed by atoms with Crippen LogP contribution in [0.15, 0.2) is 0 Å². The van der Waals surface area contributed by atoms with E-state index in [1.807, 2.05) is 0 Å². The van der Waals surface area contributed by atoms with E-state index in [0.717, 1.165) is 0 Å². The van der Waals surface area contributed by atoms with Gasteiger partial charge in [0.2, 0.25) is 10.0 Å². The summed E-state index contributed by atoms with van der Waals surface area (Å²) in [4.78, 5) is 0. The molecule has 0 saturated heterocycles. The summed E-state index contributed by atoms with van der Waals surface area (Å²) in [6, 6.07) is 1.72. The molecule has 1 unspecified atom stereocenters. The summed E-state index contributed by atoms with van der Waals surface area (Å²) in [6.45, 7) is 3.34. The number of hydrogen-bond donors (Lipinski definition) is 1. The third kappa shape index (κ3) is 3.93. The monoisotopic (exact) mass is 200 g/mol. The van der Waals surface area contributed by atoms with Crippen molar-refractivity contribution in [3.8, 4) is 17.9 Å². The molecule has 1 N–H and O–H groups in total. The molecule has 0 aliphatic rings. The van der Waals surface area contributed by atoms with E-state index in [2.05, 4.69) is 16.6 Å². The minimum atomic E-state index is -3.51. The Hall–Kier alpha value is -1.04. The van der Waals surface area contributed by atoms with E-state index in [1.165, 1.54) is 0 Å². The minimum absolute atomic E-state index is 0.0665. The van der Waals surface area contributed by atoms with Crippen molar-refractivity contribution in [2.24, 2.45) is 0 Å². The largest absolute Gasteiger partial charge is 0.228 e. The van der Waals surface area contributed by atoms with E-state index < -0.39 is 15.3 Å². The maximum atomic E-state index is 11.3. The molecule has 0 bridgehead atoms. The highest BCUT2D eigenvalue weighted by atomic mass is 32.2. The van der Waals surface area contributed by atoms with Crippen molar-refractivity contribution in [1.29, 1.82) is 5.26 Å². The number of nitrogens with one attached hydrogen (secondary N) is 1. The first-order chi connectivity index (χ1) is 6.08. The molecule has 0 fully saturated rings.